The van der Waals surface area contributed by atoms with Crippen LogP contribution in [0.25, 0.3) is 0 Å². The van der Waals surface area contributed by atoms with Gasteiger partial charge < -0.3 is 10.6 Å². The van der Waals surface area contributed by atoms with E-state index < -0.39 is 0 Å². The lowest BCUT2D eigenvalue weighted by Gasteiger charge is -2.33. The second kappa shape index (κ2) is 6.82. The largest absolute Gasteiger partial charge is 0.339 e. The molecular formula is C19H28N2O. The topological polar surface area (TPSA) is 46.3 Å². The number of hydrogen-bond acceptors (Lipinski definition) is 2. The van der Waals surface area contributed by atoms with Gasteiger partial charge in [-0.1, -0.05) is 50.1 Å². The first kappa shape index (κ1) is 15.5. The minimum atomic E-state index is -0.210. The van der Waals surface area contributed by atoms with Crippen LogP contribution in [0.2, 0.25) is 0 Å². The van der Waals surface area contributed by atoms with Crippen molar-refractivity contribution in [1.82, 2.24) is 4.90 Å². The number of nitrogens with zero attached hydrogens (tertiary/aromatic N) is 1. The maximum atomic E-state index is 13.0. The number of rotatable bonds is 4. The molecule has 0 bridgehead atoms. The van der Waals surface area contributed by atoms with Crippen molar-refractivity contribution in [2.24, 2.45) is 17.6 Å². The molecule has 0 radical (unpaired) electrons. The first-order chi connectivity index (χ1) is 10.7. The second-order valence-corrected chi connectivity index (χ2v) is 7.01. The van der Waals surface area contributed by atoms with E-state index in [1.54, 1.807) is 0 Å². The average Bonchev–Trinajstić information content (AvgIpc) is 3.24. The monoisotopic (exact) mass is 300 g/mol. The van der Waals surface area contributed by atoms with Gasteiger partial charge in [-0.2, -0.15) is 0 Å². The van der Waals surface area contributed by atoms with Crippen molar-refractivity contribution in [3.05, 3.63) is 35.9 Å². The van der Waals surface area contributed by atoms with Crippen LogP contribution >= 0.6 is 0 Å². The lowest BCUT2D eigenvalue weighted by Crippen LogP contribution is -2.44. The molecule has 3 unspecified atom stereocenters. The van der Waals surface area contributed by atoms with E-state index in [1.807, 2.05) is 37.3 Å². The van der Waals surface area contributed by atoms with Crippen LogP contribution in [0.15, 0.2) is 30.3 Å². The molecule has 0 spiro atoms. The van der Waals surface area contributed by atoms with Crippen molar-refractivity contribution in [2.45, 2.75) is 57.5 Å². The summed E-state index contributed by atoms with van der Waals surface area (Å²) < 4.78 is 0. The number of nitrogens with two attached hydrogens (primary N) is 1. The van der Waals surface area contributed by atoms with E-state index in [-0.39, 0.29) is 17.9 Å². The van der Waals surface area contributed by atoms with Gasteiger partial charge in [0.2, 0.25) is 5.91 Å². The molecule has 1 aromatic carbocycles. The van der Waals surface area contributed by atoms with E-state index >= 15 is 0 Å². The predicted molar refractivity (Wildman–Crippen MR) is 89.2 cm³/mol. The molecule has 22 heavy (non-hydrogen) atoms. The standard InChI is InChI=1S/C19H28N2O/c1-14(18(20)16-10-3-2-4-11-16)19(22)21-13-7-12-17(21)15-8-5-6-9-15/h2-4,10-11,14-15,17-18H,5-9,12-13,20H2,1H3. The molecule has 1 aliphatic heterocycles. The number of carbonyl (C=O) groups is 1. The summed E-state index contributed by atoms with van der Waals surface area (Å²) in [4.78, 5) is 15.1. The summed E-state index contributed by atoms with van der Waals surface area (Å²) in [7, 11) is 0. The molecule has 0 aromatic heterocycles. The normalized spacial score (nSPS) is 25.4. The average molecular weight is 300 g/mol. The maximum absolute atomic E-state index is 13.0. The van der Waals surface area contributed by atoms with Crippen LogP contribution in [-0.2, 0) is 4.79 Å². The van der Waals surface area contributed by atoms with Crippen molar-refractivity contribution in [3.63, 3.8) is 0 Å². The van der Waals surface area contributed by atoms with Crippen LogP contribution in [0.1, 0.15) is 57.1 Å². The van der Waals surface area contributed by atoms with E-state index in [9.17, 15) is 4.79 Å². The molecule has 3 rings (SSSR count). The summed E-state index contributed by atoms with van der Waals surface area (Å²) in [5.41, 5.74) is 7.41. The molecule has 3 heteroatoms. The minimum absolute atomic E-state index is 0.149. The summed E-state index contributed by atoms with van der Waals surface area (Å²) in [6, 6.07) is 10.3. The molecule has 1 heterocycles. The Hall–Kier alpha value is -1.35. The second-order valence-electron chi connectivity index (χ2n) is 7.01. The highest BCUT2D eigenvalue weighted by Crippen LogP contribution is 2.36. The predicted octanol–water partition coefficient (Wildman–Crippen LogP) is 3.50. The zero-order chi connectivity index (χ0) is 15.5. The molecule has 3 atom stereocenters. The Morgan fingerprint density at radius 3 is 2.50 bits per heavy atom. The van der Waals surface area contributed by atoms with Crippen molar-refractivity contribution >= 4 is 5.91 Å². The van der Waals surface area contributed by atoms with E-state index in [0.29, 0.717) is 6.04 Å². The highest BCUT2D eigenvalue weighted by molar-refractivity contribution is 5.80. The zero-order valence-corrected chi connectivity index (χ0v) is 13.6. The van der Waals surface area contributed by atoms with Gasteiger partial charge in [-0.05, 0) is 37.2 Å². The Morgan fingerprint density at radius 2 is 1.82 bits per heavy atom. The smallest absolute Gasteiger partial charge is 0.227 e. The number of carbonyl (C=O) groups excluding carboxylic acids is 1. The summed E-state index contributed by atoms with van der Waals surface area (Å²) in [5.74, 6) is 0.835. The van der Waals surface area contributed by atoms with Crippen molar-refractivity contribution in [3.8, 4) is 0 Å². The van der Waals surface area contributed by atoms with Crippen LogP contribution in [0.4, 0.5) is 0 Å². The minimum Gasteiger partial charge on any atom is -0.339 e. The van der Waals surface area contributed by atoms with Gasteiger partial charge in [-0.25, -0.2) is 0 Å². The molecular weight excluding hydrogens is 272 g/mol. The lowest BCUT2D eigenvalue weighted by atomic mass is 9.92. The Bertz CT molecular complexity index is 495. The van der Waals surface area contributed by atoms with Gasteiger partial charge in [-0.3, -0.25) is 4.79 Å². The van der Waals surface area contributed by atoms with Crippen molar-refractivity contribution in [2.75, 3.05) is 6.54 Å². The number of likely N-dealkylation sites (tertiary alicyclic amines) is 1. The van der Waals surface area contributed by atoms with Crippen LogP contribution in [0.3, 0.4) is 0 Å². The SMILES string of the molecule is CC(C(=O)N1CCCC1C1CCCC1)C(N)c1ccccc1. The Labute approximate surface area is 133 Å². The van der Waals surface area contributed by atoms with Gasteiger partial charge in [0.1, 0.15) is 0 Å². The third-order valence-corrected chi connectivity index (χ3v) is 5.64. The molecule has 1 saturated carbocycles. The summed E-state index contributed by atoms with van der Waals surface area (Å²) in [6.07, 6.45) is 7.61. The molecule has 1 amide bonds. The van der Waals surface area contributed by atoms with Gasteiger partial charge in [0.05, 0.1) is 5.92 Å². The van der Waals surface area contributed by atoms with Gasteiger partial charge >= 0.3 is 0 Å². The summed E-state index contributed by atoms with van der Waals surface area (Å²) in [5, 5.41) is 0. The highest BCUT2D eigenvalue weighted by Gasteiger charge is 2.38. The molecule has 1 aromatic rings. The van der Waals surface area contributed by atoms with Crippen LogP contribution in [0.5, 0.6) is 0 Å². The lowest BCUT2D eigenvalue weighted by molar-refractivity contribution is -0.137. The van der Waals surface area contributed by atoms with Crippen LogP contribution < -0.4 is 5.73 Å². The van der Waals surface area contributed by atoms with E-state index in [0.717, 1.165) is 24.4 Å². The van der Waals surface area contributed by atoms with E-state index in [4.69, 9.17) is 5.73 Å². The molecule has 2 aliphatic rings. The molecule has 1 saturated heterocycles. The van der Waals surface area contributed by atoms with Gasteiger partial charge in [-0.15, -0.1) is 0 Å². The fourth-order valence-electron chi connectivity index (χ4n) is 4.28. The first-order valence-corrected chi connectivity index (χ1v) is 8.79. The van der Waals surface area contributed by atoms with E-state index in [1.165, 1.54) is 32.1 Å². The molecule has 2 N–H and O–H groups in total. The fourth-order valence-corrected chi connectivity index (χ4v) is 4.28. The Morgan fingerprint density at radius 1 is 1.14 bits per heavy atom. The molecule has 3 nitrogen and oxygen atoms in total. The van der Waals surface area contributed by atoms with Gasteiger partial charge in [0.25, 0.3) is 0 Å². The van der Waals surface area contributed by atoms with Crippen LogP contribution in [-0.4, -0.2) is 23.4 Å². The summed E-state index contributed by atoms with van der Waals surface area (Å²) in [6.45, 7) is 2.91. The third-order valence-electron chi connectivity index (χ3n) is 5.64. The Kier molecular flexibility index (Phi) is 4.82. The number of benzene rings is 1. The van der Waals surface area contributed by atoms with Crippen LogP contribution in [0, 0.1) is 11.8 Å². The third kappa shape index (κ3) is 3.05. The quantitative estimate of drug-likeness (QED) is 0.925. The molecule has 1 aliphatic carbocycles. The molecule has 2 fully saturated rings. The van der Waals surface area contributed by atoms with Crippen molar-refractivity contribution in [1.29, 1.82) is 0 Å². The fraction of sp³-hybridized carbons (Fsp3) is 0.632. The number of amides is 1. The van der Waals surface area contributed by atoms with E-state index in [2.05, 4.69) is 4.90 Å². The summed E-state index contributed by atoms with van der Waals surface area (Å²) >= 11 is 0. The number of hydrogen-bond donors (Lipinski definition) is 1. The van der Waals surface area contributed by atoms with Crippen molar-refractivity contribution < 1.29 is 4.79 Å². The Balaban J connectivity index is 1.69. The zero-order valence-electron chi connectivity index (χ0n) is 13.6. The van der Waals surface area contributed by atoms with Gasteiger partial charge in [0, 0.05) is 18.6 Å². The molecule has 120 valence electrons. The van der Waals surface area contributed by atoms with Gasteiger partial charge in [0.15, 0.2) is 0 Å². The highest BCUT2D eigenvalue weighted by atomic mass is 16.2. The first-order valence-electron chi connectivity index (χ1n) is 8.79. The maximum Gasteiger partial charge on any atom is 0.227 e.